The van der Waals surface area contributed by atoms with Gasteiger partial charge < -0.3 is 20.1 Å². The molecule has 4 aliphatic carbocycles. The Morgan fingerprint density at radius 3 is 2.26 bits per heavy atom. The molecule has 1 aliphatic heterocycles. The lowest BCUT2D eigenvalue weighted by molar-refractivity contribution is -0.0332. The molecule has 0 amide bonds. The van der Waals surface area contributed by atoms with Crippen LogP contribution >= 0.6 is 12.2 Å². The Bertz CT molecular complexity index is 768. The summed E-state index contributed by atoms with van der Waals surface area (Å²) in [6, 6.07) is 5.97. The van der Waals surface area contributed by atoms with Crippen molar-refractivity contribution in [2.45, 2.75) is 44.6 Å². The van der Waals surface area contributed by atoms with Gasteiger partial charge in [-0.05, 0) is 92.8 Å². The number of hydrogen-bond acceptors (Lipinski definition) is 3. The summed E-state index contributed by atoms with van der Waals surface area (Å²) in [5.74, 6) is 4.42. The number of benzene rings is 1. The first kappa shape index (κ1) is 17.4. The lowest BCUT2D eigenvalue weighted by Crippen LogP contribution is -2.53. The van der Waals surface area contributed by atoms with Crippen molar-refractivity contribution >= 4 is 17.3 Å². The van der Waals surface area contributed by atoms with Crippen LogP contribution in [0.25, 0.3) is 0 Å². The highest BCUT2D eigenvalue weighted by Crippen LogP contribution is 2.62. The maximum Gasteiger partial charge on any atom is 0.171 e. The van der Waals surface area contributed by atoms with Gasteiger partial charge in [0.1, 0.15) is 11.5 Å². The Labute approximate surface area is 166 Å². The minimum absolute atomic E-state index is 0.00630. The van der Waals surface area contributed by atoms with Crippen LogP contribution in [-0.2, 0) is 0 Å². The molecule has 1 aromatic rings. The monoisotopic (exact) mass is 384 g/mol. The molecule has 5 aliphatic rings. The normalized spacial score (nSPS) is 36.7. The second kappa shape index (κ2) is 6.40. The third-order valence-corrected chi connectivity index (χ3v) is 7.47. The van der Waals surface area contributed by atoms with E-state index in [1.807, 2.05) is 12.1 Å². The highest BCUT2D eigenvalue weighted by atomic mass is 32.1. The highest BCUT2D eigenvalue weighted by molar-refractivity contribution is 7.80. The van der Waals surface area contributed by atoms with Gasteiger partial charge in [-0.2, -0.15) is 0 Å². The SMILES string of the molecule is COc1ccc(OC)c([C@@H]2C=C(C34CC5CC(CC(C5)C3)C4)NC(=S)N2)c1. The predicted molar refractivity (Wildman–Crippen MR) is 110 cm³/mol. The fraction of sp³-hybridized carbons (Fsp3) is 0.591. The van der Waals surface area contributed by atoms with E-state index in [1.54, 1.807) is 14.2 Å². The van der Waals surface area contributed by atoms with E-state index in [-0.39, 0.29) is 6.04 Å². The molecule has 6 rings (SSSR count). The van der Waals surface area contributed by atoms with E-state index in [4.69, 9.17) is 21.7 Å². The first-order valence-electron chi connectivity index (χ1n) is 10.1. The maximum atomic E-state index is 5.63. The summed E-state index contributed by atoms with van der Waals surface area (Å²) in [4.78, 5) is 0. The van der Waals surface area contributed by atoms with Crippen molar-refractivity contribution in [3.8, 4) is 11.5 Å². The predicted octanol–water partition coefficient (Wildman–Crippen LogP) is 4.32. The molecule has 5 heteroatoms. The van der Waals surface area contributed by atoms with Crippen molar-refractivity contribution in [1.29, 1.82) is 0 Å². The molecule has 4 bridgehead atoms. The summed E-state index contributed by atoms with van der Waals surface area (Å²) in [7, 11) is 3.41. The smallest absolute Gasteiger partial charge is 0.171 e. The van der Waals surface area contributed by atoms with Crippen LogP contribution in [0, 0.1) is 23.2 Å². The lowest BCUT2D eigenvalue weighted by Gasteiger charge is -2.58. The minimum Gasteiger partial charge on any atom is -0.497 e. The molecule has 4 fully saturated rings. The molecule has 144 valence electrons. The first-order valence-corrected chi connectivity index (χ1v) is 10.5. The largest absolute Gasteiger partial charge is 0.497 e. The Morgan fingerprint density at radius 2 is 1.67 bits per heavy atom. The van der Waals surface area contributed by atoms with Crippen molar-refractivity contribution in [3.05, 3.63) is 35.5 Å². The minimum atomic E-state index is 0.00630. The second-order valence-electron chi connectivity index (χ2n) is 8.96. The lowest BCUT2D eigenvalue weighted by atomic mass is 9.48. The molecule has 0 saturated heterocycles. The van der Waals surface area contributed by atoms with Crippen LogP contribution in [-0.4, -0.2) is 19.3 Å². The molecule has 0 unspecified atom stereocenters. The molecular formula is C22H28N2O2S. The maximum absolute atomic E-state index is 5.63. The summed E-state index contributed by atoms with van der Waals surface area (Å²) in [5, 5.41) is 7.70. The fourth-order valence-corrected chi connectivity index (χ4v) is 6.79. The van der Waals surface area contributed by atoms with Gasteiger partial charge in [0, 0.05) is 16.7 Å². The van der Waals surface area contributed by atoms with Crippen LogP contribution in [0.2, 0.25) is 0 Å². The quantitative estimate of drug-likeness (QED) is 0.757. The summed E-state index contributed by atoms with van der Waals surface area (Å²) >= 11 is 5.62. The van der Waals surface area contributed by atoms with Crippen LogP contribution in [0.1, 0.15) is 50.1 Å². The Kier molecular flexibility index (Phi) is 4.12. The Morgan fingerprint density at radius 1 is 1.00 bits per heavy atom. The van der Waals surface area contributed by atoms with Gasteiger partial charge in [-0.3, -0.25) is 0 Å². The van der Waals surface area contributed by atoms with Gasteiger partial charge in [0.15, 0.2) is 5.11 Å². The number of hydrogen-bond donors (Lipinski definition) is 2. The number of thiocarbonyl (C=S) groups is 1. The van der Waals surface area contributed by atoms with Gasteiger partial charge in [-0.25, -0.2) is 0 Å². The average Bonchev–Trinajstić information content (AvgIpc) is 2.66. The Hall–Kier alpha value is -1.75. The number of methoxy groups -OCH3 is 2. The van der Waals surface area contributed by atoms with Gasteiger partial charge in [-0.1, -0.05) is 0 Å². The summed E-state index contributed by atoms with van der Waals surface area (Å²) in [6.45, 7) is 0. The third kappa shape index (κ3) is 2.91. The fourth-order valence-electron chi connectivity index (χ4n) is 6.55. The molecule has 2 N–H and O–H groups in total. The van der Waals surface area contributed by atoms with Gasteiger partial charge in [0.25, 0.3) is 0 Å². The zero-order chi connectivity index (χ0) is 18.6. The van der Waals surface area contributed by atoms with E-state index in [0.29, 0.717) is 5.41 Å². The van der Waals surface area contributed by atoms with Crippen LogP contribution in [0.5, 0.6) is 11.5 Å². The van der Waals surface area contributed by atoms with Crippen molar-refractivity contribution in [1.82, 2.24) is 10.6 Å². The van der Waals surface area contributed by atoms with Crippen molar-refractivity contribution in [3.63, 3.8) is 0 Å². The van der Waals surface area contributed by atoms with Crippen LogP contribution in [0.4, 0.5) is 0 Å². The molecule has 0 spiro atoms. The molecule has 4 saturated carbocycles. The zero-order valence-electron chi connectivity index (χ0n) is 16.1. The molecule has 27 heavy (non-hydrogen) atoms. The molecule has 1 aromatic carbocycles. The number of rotatable bonds is 4. The van der Waals surface area contributed by atoms with E-state index in [0.717, 1.165) is 39.9 Å². The molecule has 1 atom stereocenters. The van der Waals surface area contributed by atoms with E-state index in [9.17, 15) is 0 Å². The molecular weight excluding hydrogens is 356 g/mol. The van der Waals surface area contributed by atoms with Gasteiger partial charge in [0.05, 0.1) is 20.3 Å². The topological polar surface area (TPSA) is 42.5 Å². The highest BCUT2D eigenvalue weighted by Gasteiger charge is 2.53. The molecule has 0 radical (unpaired) electrons. The van der Waals surface area contributed by atoms with E-state index in [2.05, 4.69) is 22.8 Å². The Balaban J connectivity index is 1.53. The van der Waals surface area contributed by atoms with Gasteiger partial charge in [-0.15, -0.1) is 0 Å². The van der Waals surface area contributed by atoms with E-state index >= 15 is 0 Å². The number of allylic oxidation sites excluding steroid dienone is 1. The van der Waals surface area contributed by atoms with Crippen molar-refractivity contribution < 1.29 is 9.47 Å². The average molecular weight is 385 g/mol. The third-order valence-electron chi connectivity index (χ3n) is 7.25. The number of ether oxygens (including phenoxy) is 2. The van der Waals surface area contributed by atoms with Crippen molar-refractivity contribution in [2.24, 2.45) is 23.2 Å². The van der Waals surface area contributed by atoms with Crippen LogP contribution < -0.4 is 20.1 Å². The zero-order valence-corrected chi connectivity index (χ0v) is 16.9. The summed E-state index contributed by atoms with van der Waals surface area (Å²) in [5.41, 5.74) is 2.72. The van der Waals surface area contributed by atoms with E-state index in [1.165, 1.54) is 44.2 Å². The molecule has 1 heterocycles. The van der Waals surface area contributed by atoms with Crippen LogP contribution in [0.15, 0.2) is 30.0 Å². The molecule has 0 aromatic heterocycles. The summed E-state index contributed by atoms with van der Waals surface area (Å²) in [6.07, 6.45) is 10.7. The van der Waals surface area contributed by atoms with Crippen LogP contribution in [0.3, 0.4) is 0 Å². The summed E-state index contributed by atoms with van der Waals surface area (Å²) < 4.78 is 11.1. The van der Waals surface area contributed by atoms with Gasteiger partial charge >= 0.3 is 0 Å². The first-order chi connectivity index (χ1) is 13.1. The standard InChI is InChI=1S/C22H28N2O2S/c1-25-16-3-4-19(26-2)17(8-16)18-9-20(24-21(27)23-18)22-10-13-5-14(11-22)7-15(6-13)12-22/h3-4,8-9,13-15,18H,5-7,10-12H2,1-2H3,(H2,23,24,27)/t13?,14?,15?,18-,22?/m0/s1. The number of nitrogens with one attached hydrogen (secondary N) is 2. The van der Waals surface area contributed by atoms with Gasteiger partial charge in [0.2, 0.25) is 0 Å². The van der Waals surface area contributed by atoms with Crippen molar-refractivity contribution in [2.75, 3.05) is 14.2 Å². The van der Waals surface area contributed by atoms with E-state index < -0.39 is 0 Å². The molecule has 4 nitrogen and oxygen atoms in total. The second-order valence-corrected chi connectivity index (χ2v) is 9.37.